The molecule has 0 unspecified atom stereocenters. The van der Waals surface area contributed by atoms with E-state index in [2.05, 4.69) is 10.4 Å². The molecule has 0 bridgehead atoms. The molecule has 0 fully saturated rings. The van der Waals surface area contributed by atoms with Crippen LogP contribution >= 0.6 is 11.6 Å². The predicted octanol–water partition coefficient (Wildman–Crippen LogP) is 2.91. The number of amides is 1. The Morgan fingerprint density at radius 2 is 1.93 bits per heavy atom. The van der Waals surface area contributed by atoms with Gasteiger partial charge < -0.3 is 10.1 Å². The molecule has 154 valence electrons. The largest absolute Gasteiger partial charge is 0.497 e. The van der Waals surface area contributed by atoms with Crippen molar-refractivity contribution in [3.05, 3.63) is 85.7 Å². The Balaban J connectivity index is 1.67. The summed E-state index contributed by atoms with van der Waals surface area (Å²) >= 11 is 5.96. The molecule has 3 aromatic rings. The Morgan fingerprint density at radius 3 is 2.57 bits per heavy atom. The summed E-state index contributed by atoms with van der Waals surface area (Å²) in [7, 11) is 1.57. The summed E-state index contributed by atoms with van der Waals surface area (Å²) in [4.78, 5) is 34.5. The molecule has 10 heteroatoms. The molecule has 2 aromatic carbocycles. The lowest BCUT2D eigenvalue weighted by Gasteiger charge is -2.09. The molecule has 3 rings (SSSR count). The summed E-state index contributed by atoms with van der Waals surface area (Å²) in [5.41, 5.74) is 1.00. The quantitative estimate of drug-likeness (QED) is 0.457. The highest BCUT2D eigenvalue weighted by Crippen LogP contribution is 2.22. The molecule has 30 heavy (non-hydrogen) atoms. The van der Waals surface area contributed by atoms with Crippen LogP contribution in [-0.2, 0) is 6.54 Å². The number of nitrogens with one attached hydrogen (secondary N) is 1. The molecule has 1 aromatic heterocycles. The van der Waals surface area contributed by atoms with Crippen LogP contribution < -0.4 is 15.6 Å². The summed E-state index contributed by atoms with van der Waals surface area (Å²) in [6.45, 7) is 0.254. The first-order valence-electron chi connectivity index (χ1n) is 8.84. The van der Waals surface area contributed by atoms with E-state index in [0.29, 0.717) is 11.4 Å². The van der Waals surface area contributed by atoms with Crippen molar-refractivity contribution in [2.24, 2.45) is 0 Å². The third-order valence-corrected chi connectivity index (χ3v) is 4.58. The minimum atomic E-state index is -0.596. The van der Waals surface area contributed by atoms with Crippen LogP contribution in [0.5, 0.6) is 5.75 Å². The summed E-state index contributed by atoms with van der Waals surface area (Å²) in [6.07, 6.45) is 0. The molecule has 0 aliphatic heterocycles. The van der Waals surface area contributed by atoms with Crippen LogP contribution in [0.3, 0.4) is 0 Å². The molecule has 1 heterocycles. The van der Waals surface area contributed by atoms with Gasteiger partial charge in [-0.25, -0.2) is 4.68 Å². The van der Waals surface area contributed by atoms with Crippen molar-refractivity contribution in [1.82, 2.24) is 15.1 Å². The maximum Gasteiger partial charge on any atom is 0.270 e. The van der Waals surface area contributed by atoms with Crippen molar-refractivity contribution < 1.29 is 14.5 Å². The molecule has 1 N–H and O–H groups in total. The van der Waals surface area contributed by atoms with Crippen molar-refractivity contribution >= 4 is 23.2 Å². The van der Waals surface area contributed by atoms with Gasteiger partial charge in [0, 0.05) is 30.3 Å². The van der Waals surface area contributed by atoms with Gasteiger partial charge in [-0.15, -0.1) is 0 Å². The first-order chi connectivity index (χ1) is 14.4. The van der Waals surface area contributed by atoms with Gasteiger partial charge >= 0.3 is 0 Å². The predicted molar refractivity (Wildman–Crippen MR) is 111 cm³/mol. The highest BCUT2D eigenvalue weighted by molar-refractivity contribution is 6.34. The van der Waals surface area contributed by atoms with Crippen molar-refractivity contribution in [1.29, 1.82) is 0 Å². The number of rotatable bonds is 7. The lowest BCUT2D eigenvalue weighted by molar-refractivity contribution is -0.384. The Hall–Kier alpha value is -3.72. The number of non-ortho nitro benzene ring substituents is 1. The van der Waals surface area contributed by atoms with Crippen LogP contribution in [0, 0.1) is 10.1 Å². The van der Waals surface area contributed by atoms with E-state index in [0.717, 1.165) is 11.6 Å². The number of benzene rings is 2. The van der Waals surface area contributed by atoms with Gasteiger partial charge in [0.25, 0.3) is 17.2 Å². The van der Waals surface area contributed by atoms with Crippen molar-refractivity contribution in [3.8, 4) is 17.0 Å². The molecule has 0 atom stereocenters. The van der Waals surface area contributed by atoms with E-state index in [1.165, 1.54) is 22.9 Å². The van der Waals surface area contributed by atoms with Gasteiger partial charge in [0.05, 0.1) is 34.9 Å². The Labute approximate surface area is 176 Å². The van der Waals surface area contributed by atoms with E-state index in [4.69, 9.17) is 16.3 Å². The number of hydrogen-bond donors (Lipinski definition) is 1. The van der Waals surface area contributed by atoms with E-state index in [9.17, 15) is 19.7 Å². The van der Waals surface area contributed by atoms with Gasteiger partial charge in [-0.1, -0.05) is 11.6 Å². The minimum absolute atomic E-state index is 0.0292. The van der Waals surface area contributed by atoms with Crippen molar-refractivity contribution in [3.63, 3.8) is 0 Å². The summed E-state index contributed by atoms with van der Waals surface area (Å²) in [6, 6.07) is 13.9. The minimum Gasteiger partial charge on any atom is -0.497 e. The summed E-state index contributed by atoms with van der Waals surface area (Å²) in [5.74, 6) is 0.203. The van der Waals surface area contributed by atoms with E-state index in [-0.39, 0.29) is 34.9 Å². The van der Waals surface area contributed by atoms with Gasteiger partial charge in [-0.05, 0) is 36.4 Å². The number of carbonyl (C=O) groups is 1. The van der Waals surface area contributed by atoms with Crippen LogP contribution in [0.1, 0.15) is 10.4 Å². The van der Waals surface area contributed by atoms with Crippen molar-refractivity contribution in [2.45, 2.75) is 6.54 Å². The average Bonchev–Trinajstić information content (AvgIpc) is 2.74. The van der Waals surface area contributed by atoms with Crippen molar-refractivity contribution in [2.75, 3.05) is 13.7 Å². The smallest absolute Gasteiger partial charge is 0.270 e. The van der Waals surface area contributed by atoms with E-state index in [1.54, 1.807) is 25.3 Å². The third kappa shape index (κ3) is 4.81. The first kappa shape index (κ1) is 21.0. The first-order valence-corrected chi connectivity index (χ1v) is 9.21. The molecular weight excluding hydrogens is 412 g/mol. The Bertz CT molecular complexity index is 1140. The zero-order valence-electron chi connectivity index (χ0n) is 15.9. The van der Waals surface area contributed by atoms with E-state index >= 15 is 0 Å². The molecular formula is C20H17ClN4O5. The molecule has 9 nitrogen and oxygen atoms in total. The number of methoxy groups -OCH3 is 1. The molecule has 0 spiro atoms. The topological polar surface area (TPSA) is 116 Å². The molecule has 0 saturated carbocycles. The number of nitrogens with zero attached hydrogens (tertiary/aromatic N) is 3. The lowest BCUT2D eigenvalue weighted by Crippen LogP contribution is -2.32. The average molecular weight is 429 g/mol. The molecule has 0 aliphatic carbocycles. The number of carbonyl (C=O) groups excluding carboxylic acids is 1. The number of nitro benzene ring substituents is 1. The number of hydrogen-bond acceptors (Lipinski definition) is 6. The van der Waals surface area contributed by atoms with Gasteiger partial charge in [0.2, 0.25) is 0 Å². The highest BCUT2D eigenvalue weighted by Gasteiger charge is 2.14. The lowest BCUT2D eigenvalue weighted by atomic mass is 10.1. The fourth-order valence-corrected chi connectivity index (χ4v) is 2.96. The number of halogens is 1. The number of aromatic nitrogens is 2. The highest BCUT2D eigenvalue weighted by atomic mass is 35.5. The maximum absolute atomic E-state index is 12.3. The normalized spacial score (nSPS) is 10.5. The van der Waals surface area contributed by atoms with E-state index in [1.807, 2.05) is 12.1 Å². The molecule has 0 aliphatic rings. The molecule has 0 radical (unpaired) electrons. The van der Waals surface area contributed by atoms with Gasteiger partial charge in [-0.3, -0.25) is 19.7 Å². The molecule has 0 saturated heterocycles. The summed E-state index contributed by atoms with van der Waals surface area (Å²) in [5, 5.41) is 17.7. The zero-order chi connectivity index (χ0) is 21.7. The van der Waals surface area contributed by atoms with Gasteiger partial charge in [0.15, 0.2) is 0 Å². The third-order valence-electron chi connectivity index (χ3n) is 4.27. The Morgan fingerprint density at radius 1 is 1.20 bits per heavy atom. The number of ether oxygens (including phenoxy) is 1. The van der Waals surface area contributed by atoms with Crippen LogP contribution in [0.4, 0.5) is 5.69 Å². The number of nitro groups is 1. The van der Waals surface area contributed by atoms with Crippen LogP contribution in [0.2, 0.25) is 5.02 Å². The van der Waals surface area contributed by atoms with E-state index < -0.39 is 10.8 Å². The fourth-order valence-electron chi connectivity index (χ4n) is 2.70. The maximum atomic E-state index is 12.3. The van der Waals surface area contributed by atoms with Gasteiger partial charge in [0.1, 0.15) is 5.75 Å². The second-order valence-corrected chi connectivity index (χ2v) is 6.59. The zero-order valence-corrected chi connectivity index (χ0v) is 16.6. The monoisotopic (exact) mass is 428 g/mol. The standard InChI is InChI=1S/C20H17ClN4O5/c1-30-15-5-2-13(3-6-15)18-8-9-19(26)24(23-18)11-10-22-20(27)16-7-4-14(25(28)29)12-17(16)21/h2-9,12H,10-11H2,1H3,(H,22,27). The van der Waals surface area contributed by atoms with Crippen LogP contribution in [0.15, 0.2) is 59.4 Å². The Kier molecular flexibility index (Phi) is 6.43. The fraction of sp³-hybridized carbons (Fsp3) is 0.150. The second-order valence-electron chi connectivity index (χ2n) is 6.19. The SMILES string of the molecule is COc1ccc(-c2ccc(=O)n(CCNC(=O)c3ccc([N+](=O)[O-])cc3Cl)n2)cc1. The van der Waals surface area contributed by atoms with Gasteiger partial charge in [-0.2, -0.15) is 5.10 Å². The molecule has 1 amide bonds. The van der Waals surface area contributed by atoms with Crippen LogP contribution in [-0.4, -0.2) is 34.3 Å². The van der Waals surface area contributed by atoms with Crippen LogP contribution in [0.25, 0.3) is 11.3 Å². The second kappa shape index (κ2) is 9.19. The summed E-state index contributed by atoms with van der Waals surface area (Å²) < 4.78 is 6.38.